The zero-order chi connectivity index (χ0) is 10.5. The fourth-order valence-corrected chi connectivity index (χ4v) is 3.99. The summed E-state index contributed by atoms with van der Waals surface area (Å²) in [6, 6.07) is 0. The number of thioether (sulfide) groups is 1. The minimum absolute atomic E-state index is 0.873. The molecule has 84 valence electrons. The highest BCUT2D eigenvalue weighted by atomic mass is 32.2. The summed E-state index contributed by atoms with van der Waals surface area (Å²) in [7, 11) is 1.97. The van der Waals surface area contributed by atoms with Crippen LogP contribution in [0.3, 0.4) is 0 Å². The van der Waals surface area contributed by atoms with Gasteiger partial charge >= 0.3 is 0 Å². The topological polar surface area (TPSA) is 24.9 Å². The average Bonchev–Trinajstić information content (AvgIpc) is 2.68. The summed E-state index contributed by atoms with van der Waals surface area (Å²) in [5.41, 5.74) is 1.20. The maximum atomic E-state index is 4.64. The normalized spacial score (nSPS) is 21.8. The number of nitrogens with zero attached hydrogens (tertiary/aromatic N) is 1. The van der Waals surface area contributed by atoms with Crippen LogP contribution in [0.1, 0.15) is 23.5 Å². The fraction of sp³-hybridized carbons (Fsp3) is 0.727. The standard InChI is InChI=1S/C11H18N2S2/c1-12-6-10-8-15-11(13-10)5-9-3-2-4-14-7-9/h8-9,12H,2-7H2,1H3. The van der Waals surface area contributed by atoms with Gasteiger partial charge in [0.25, 0.3) is 0 Å². The van der Waals surface area contributed by atoms with Gasteiger partial charge in [0.15, 0.2) is 0 Å². The Bertz CT molecular complexity index is 293. The van der Waals surface area contributed by atoms with E-state index in [0.717, 1.165) is 12.5 Å². The second-order valence-electron chi connectivity index (χ2n) is 4.05. The van der Waals surface area contributed by atoms with E-state index < -0.39 is 0 Å². The van der Waals surface area contributed by atoms with E-state index in [1.54, 1.807) is 0 Å². The Kier molecular flexibility index (Phi) is 4.47. The summed E-state index contributed by atoms with van der Waals surface area (Å²) in [4.78, 5) is 4.64. The van der Waals surface area contributed by atoms with Gasteiger partial charge in [0.2, 0.25) is 0 Å². The molecule has 1 saturated heterocycles. The molecule has 15 heavy (non-hydrogen) atoms. The summed E-state index contributed by atoms with van der Waals surface area (Å²) in [6.45, 7) is 0.899. The van der Waals surface area contributed by atoms with Gasteiger partial charge in [0, 0.05) is 18.3 Å². The molecular weight excluding hydrogens is 224 g/mol. The molecule has 0 radical (unpaired) electrons. The monoisotopic (exact) mass is 242 g/mol. The lowest BCUT2D eigenvalue weighted by Crippen LogP contribution is -2.13. The smallest absolute Gasteiger partial charge is 0.0931 e. The van der Waals surface area contributed by atoms with Gasteiger partial charge in [0.1, 0.15) is 0 Å². The Morgan fingerprint density at radius 1 is 1.60 bits per heavy atom. The first-order valence-corrected chi connectivity index (χ1v) is 7.57. The second kappa shape index (κ2) is 5.87. The second-order valence-corrected chi connectivity index (χ2v) is 6.14. The molecule has 1 aliphatic rings. The minimum Gasteiger partial charge on any atom is -0.314 e. The van der Waals surface area contributed by atoms with E-state index in [1.165, 1.54) is 41.5 Å². The predicted octanol–water partition coefficient (Wildman–Crippen LogP) is 2.55. The molecule has 1 unspecified atom stereocenters. The van der Waals surface area contributed by atoms with Crippen molar-refractivity contribution in [3.8, 4) is 0 Å². The van der Waals surface area contributed by atoms with E-state index >= 15 is 0 Å². The lowest BCUT2D eigenvalue weighted by molar-refractivity contribution is 0.519. The molecule has 0 aromatic carbocycles. The van der Waals surface area contributed by atoms with Crippen molar-refractivity contribution in [1.82, 2.24) is 10.3 Å². The zero-order valence-electron chi connectivity index (χ0n) is 9.16. The van der Waals surface area contributed by atoms with E-state index in [1.807, 2.05) is 18.4 Å². The third kappa shape index (κ3) is 3.47. The van der Waals surface area contributed by atoms with Gasteiger partial charge in [-0.3, -0.25) is 0 Å². The van der Waals surface area contributed by atoms with Gasteiger partial charge in [-0.05, 0) is 37.3 Å². The number of hydrogen-bond donors (Lipinski definition) is 1. The highest BCUT2D eigenvalue weighted by molar-refractivity contribution is 7.99. The molecule has 4 heteroatoms. The van der Waals surface area contributed by atoms with Crippen LogP contribution in [0.15, 0.2) is 5.38 Å². The SMILES string of the molecule is CNCc1csc(CC2CCCSC2)n1. The minimum atomic E-state index is 0.873. The van der Waals surface area contributed by atoms with Gasteiger partial charge < -0.3 is 5.32 Å². The molecule has 2 nitrogen and oxygen atoms in total. The Labute approximate surface area is 99.9 Å². The molecule has 0 saturated carbocycles. The van der Waals surface area contributed by atoms with Crippen LogP contribution >= 0.6 is 23.1 Å². The summed E-state index contributed by atoms with van der Waals surface area (Å²) < 4.78 is 0. The summed E-state index contributed by atoms with van der Waals surface area (Å²) >= 11 is 3.93. The van der Waals surface area contributed by atoms with Gasteiger partial charge in [0.05, 0.1) is 10.7 Å². The van der Waals surface area contributed by atoms with Crippen molar-refractivity contribution in [2.45, 2.75) is 25.8 Å². The number of aromatic nitrogens is 1. The quantitative estimate of drug-likeness (QED) is 0.878. The van der Waals surface area contributed by atoms with E-state index in [9.17, 15) is 0 Å². The summed E-state index contributed by atoms with van der Waals surface area (Å²) in [5, 5.41) is 6.65. The maximum absolute atomic E-state index is 4.64. The number of rotatable bonds is 4. The van der Waals surface area contributed by atoms with Crippen molar-refractivity contribution in [3.63, 3.8) is 0 Å². The van der Waals surface area contributed by atoms with Crippen molar-refractivity contribution in [2.75, 3.05) is 18.6 Å². The van der Waals surface area contributed by atoms with Crippen molar-refractivity contribution >= 4 is 23.1 Å². The summed E-state index contributed by atoms with van der Waals surface area (Å²) in [6.07, 6.45) is 3.99. The van der Waals surface area contributed by atoms with Crippen LogP contribution in [0.5, 0.6) is 0 Å². The van der Waals surface area contributed by atoms with Crippen molar-refractivity contribution in [3.05, 3.63) is 16.1 Å². The molecule has 0 bridgehead atoms. The number of nitrogens with one attached hydrogen (secondary N) is 1. The average molecular weight is 242 g/mol. The zero-order valence-corrected chi connectivity index (χ0v) is 10.8. The van der Waals surface area contributed by atoms with Gasteiger partial charge in [-0.2, -0.15) is 11.8 Å². The molecule has 2 heterocycles. The first kappa shape index (κ1) is 11.4. The van der Waals surface area contributed by atoms with Gasteiger partial charge in [-0.25, -0.2) is 4.98 Å². The lowest BCUT2D eigenvalue weighted by atomic mass is 10.0. The number of thiazole rings is 1. The largest absolute Gasteiger partial charge is 0.314 e. The summed E-state index contributed by atoms with van der Waals surface area (Å²) in [5.74, 6) is 3.57. The van der Waals surface area contributed by atoms with E-state index in [0.29, 0.717) is 0 Å². The van der Waals surface area contributed by atoms with Gasteiger partial charge in [-0.15, -0.1) is 11.3 Å². The molecule has 0 aliphatic carbocycles. The van der Waals surface area contributed by atoms with Crippen LogP contribution in [0.25, 0.3) is 0 Å². The van der Waals surface area contributed by atoms with Crippen LogP contribution in [0, 0.1) is 5.92 Å². The van der Waals surface area contributed by atoms with Crippen LogP contribution in [0.2, 0.25) is 0 Å². The number of hydrogen-bond acceptors (Lipinski definition) is 4. The molecule has 1 N–H and O–H groups in total. The highest BCUT2D eigenvalue weighted by Gasteiger charge is 2.15. The third-order valence-corrected chi connectivity index (χ3v) is 4.88. The first-order chi connectivity index (χ1) is 7.38. The van der Waals surface area contributed by atoms with Crippen LogP contribution < -0.4 is 5.32 Å². The van der Waals surface area contributed by atoms with Gasteiger partial charge in [-0.1, -0.05) is 0 Å². The predicted molar refractivity (Wildman–Crippen MR) is 68.6 cm³/mol. The fourth-order valence-electron chi connectivity index (χ4n) is 1.92. The maximum Gasteiger partial charge on any atom is 0.0931 e. The third-order valence-electron chi connectivity index (χ3n) is 2.68. The molecule has 1 aromatic heterocycles. The molecule has 1 aromatic rings. The van der Waals surface area contributed by atoms with Crippen molar-refractivity contribution in [1.29, 1.82) is 0 Å². The van der Waals surface area contributed by atoms with E-state index in [-0.39, 0.29) is 0 Å². The van der Waals surface area contributed by atoms with Crippen molar-refractivity contribution in [2.24, 2.45) is 5.92 Å². The highest BCUT2D eigenvalue weighted by Crippen LogP contribution is 2.26. The molecule has 1 aliphatic heterocycles. The Hall–Kier alpha value is -0.0600. The van der Waals surface area contributed by atoms with Crippen molar-refractivity contribution < 1.29 is 0 Å². The lowest BCUT2D eigenvalue weighted by Gasteiger charge is -2.19. The van der Waals surface area contributed by atoms with Crippen LogP contribution in [-0.4, -0.2) is 23.5 Å². The first-order valence-electron chi connectivity index (χ1n) is 5.54. The Morgan fingerprint density at radius 3 is 3.27 bits per heavy atom. The van der Waals surface area contributed by atoms with E-state index in [4.69, 9.17) is 0 Å². The van der Waals surface area contributed by atoms with Crippen LogP contribution in [-0.2, 0) is 13.0 Å². The Morgan fingerprint density at radius 2 is 2.53 bits per heavy atom. The van der Waals surface area contributed by atoms with E-state index in [2.05, 4.69) is 27.4 Å². The molecule has 0 spiro atoms. The molecule has 2 rings (SSSR count). The molecule has 1 fully saturated rings. The molecule has 1 atom stereocenters. The van der Waals surface area contributed by atoms with Crippen LogP contribution in [0.4, 0.5) is 0 Å². The Balaban J connectivity index is 1.86. The molecular formula is C11H18N2S2. The molecule has 0 amide bonds.